The molecule has 0 heteroatoms. The van der Waals surface area contributed by atoms with Gasteiger partial charge < -0.3 is 0 Å². The van der Waals surface area contributed by atoms with Crippen molar-refractivity contribution in [3.8, 4) is 0 Å². The summed E-state index contributed by atoms with van der Waals surface area (Å²) in [5.74, 6) is 1.82. The summed E-state index contributed by atoms with van der Waals surface area (Å²) in [7, 11) is 0. The van der Waals surface area contributed by atoms with Gasteiger partial charge in [-0.25, -0.2) is 0 Å². The molecule has 0 nitrogen and oxygen atoms in total. The van der Waals surface area contributed by atoms with Crippen molar-refractivity contribution in [1.82, 2.24) is 0 Å². The summed E-state index contributed by atoms with van der Waals surface area (Å²) >= 11 is 0. The maximum atomic E-state index is 2.49. The summed E-state index contributed by atoms with van der Waals surface area (Å²) in [4.78, 5) is 0. The molecule has 0 aromatic carbocycles. The lowest BCUT2D eigenvalue weighted by Crippen LogP contribution is -2.03. The van der Waals surface area contributed by atoms with Crippen molar-refractivity contribution in [2.45, 2.75) is 72.6 Å². The van der Waals surface area contributed by atoms with Crippen LogP contribution in [0.2, 0.25) is 0 Å². The summed E-state index contributed by atoms with van der Waals surface area (Å²) in [6.07, 6.45) is 12.0. The zero-order valence-electron chi connectivity index (χ0n) is 10.7. The van der Waals surface area contributed by atoms with E-state index in [9.17, 15) is 0 Å². The van der Waals surface area contributed by atoms with Crippen molar-refractivity contribution < 1.29 is 0 Å². The lowest BCUT2D eigenvalue weighted by Gasteiger charge is -2.16. The maximum absolute atomic E-state index is 2.49. The molecule has 0 N–H and O–H groups in total. The quantitative estimate of drug-likeness (QED) is 0.444. The first kappa shape index (κ1) is 14.0. The van der Waals surface area contributed by atoms with Crippen molar-refractivity contribution in [3.05, 3.63) is 6.42 Å². The highest BCUT2D eigenvalue weighted by molar-refractivity contribution is 4.70. The third kappa shape index (κ3) is 8.59. The molecule has 1 radical (unpaired) electrons. The summed E-state index contributed by atoms with van der Waals surface area (Å²) in [5.41, 5.74) is 0. The second kappa shape index (κ2) is 9.55. The molecule has 2 atom stereocenters. The van der Waals surface area contributed by atoms with Crippen LogP contribution >= 0.6 is 0 Å². The highest BCUT2D eigenvalue weighted by atomic mass is 14.1. The zero-order valence-corrected chi connectivity index (χ0v) is 10.7. The van der Waals surface area contributed by atoms with Gasteiger partial charge >= 0.3 is 0 Å². The first-order valence-corrected chi connectivity index (χ1v) is 6.52. The van der Waals surface area contributed by atoms with E-state index in [0.717, 1.165) is 11.8 Å². The van der Waals surface area contributed by atoms with Crippen LogP contribution in [0.5, 0.6) is 0 Å². The van der Waals surface area contributed by atoms with Crippen molar-refractivity contribution in [2.75, 3.05) is 0 Å². The van der Waals surface area contributed by atoms with Gasteiger partial charge in [0.15, 0.2) is 0 Å². The number of hydrogen-bond acceptors (Lipinski definition) is 0. The Morgan fingerprint density at radius 2 is 1.71 bits per heavy atom. The predicted octanol–water partition coefficient (Wildman–Crippen LogP) is 5.23. The molecular formula is C14H29. The topological polar surface area (TPSA) is 0 Å². The van der Waals surface area contributed by atoms with E-state index in [0.29, 0.717) is 0 Å². The Balaban J connectivity index is 3.30. The van der Waals surface area contributed by atoms with Gasteiger partial charge in [-0.15, -0.1) is 0 Å². The van der Waals surface area contributed by atoms with Gasteiger partial charge in [0.2, 0.25) is 0 Å². The second-order valence-corrected chi connectivity index (χ2v) is 4.90. The molecule has 0 fully saturated rings. The molecule has 85 valence electrons. The standard InChI is InChI=1S/C14H29/c1-5-7-8-9-11-14(4)12-13(3)10-6-2/h9,13-14H,5-8,10-12H2,1-4H3. The van der Waals surface area contributed by atoms with Crippen LogP contribution < -0.4 is 0 Å². The van der Waals surface area contributed by atoms with Gasteiger partial charge in [-0.3, -0.25) is 0 Å². The molecule has 0 saturated heterocycles. The fourth-order valence-electron chi connectivity index (χ4n) is 2.14. The molecule has 0 spiro atoms. The van der Waals surface area contributed by atoms with Crippen LogP contribution in [-0.2, 0) is 0 Å². The van der Waals surface area contributed by atoms with E-state index in [1.54, 1.807) is 0 Å². The third-order valence-electron chi connectivity index (χ3n) is 2.92. The van der Waals surface area contributed by atoms with Gasteiger partial charge in [0, 0.05) is 0 Å². The van der Waals surface area contributed by atoms with Crippen LogP contribution in [0.3, 0.4) is 0 Å². The number of hydrogen-bond donors (Lipinski definition) is 0. The predicted molar refractivity (Wildman–Crippen MR) is 66.3 cm³/mol. The lowest BCUT2D eigenvalue weighted by molar-refractivity contribution is 0.385. The summed E-state index contributed by atoms with van der Waals surface area (Å²) in [6.45, 7) is 9.34. The second-order valence-electron chi connectivity index (χ2n) is 4.90. The monoisotopic (exact) mass is 197 g/mol. The average molecular weight is 197 g/mol. The van der Waals surface area contributed by atoms with Crippen LogP contribution in [0.25, 0.3) is 0 Å². The molecule has 0 bridgehead atoms. The van der Waals surface area contributed by atoms with Crippen LogP contribution in [0.4, 0.5) is 0 Å². The minimum Gasteiger partial charge on any atom is -0.0654 e. The molecule has 0 rings (SSSR count). The summed E-state index contributed by atoms with van der Waals surface area (Å²) in [6, 6.07) is 0. The smallest absolute Gasteiger partial charge is 0.0383 e. The Bertz CT molecular complexity index is 107. The SMILES string of the molecule is CCCC[CH]CC(C)CC(C)CCC. The Kier molecular flexibility index (Phi) is 9.55. The maximum Gasteiger partial charge on any atom is -0.0383 e. The summed E-state index contributed by atoms with van der Waals surface area (Å²) in [5, 5.41) is 0. The molecule has 0 aliphatic heterocycles. The van der Waals surface area contributed by atoms with Gasteiger partial charge in [-0.05, 0) is 31.1 Å². The molecule has 2 unspecified atom stereocenters. The van der Waals surface area contributed by atoms with Gasteiger partial charge in [0.25, 0.3) is 0 Å². The Morgan fingerprint density at radius 1 is 1.00 bits per heavy atom. The van der Waals surface area contributed by atoms with E-state index in [1.807, 2.05) is 0 Å². The van der Waals surface area contributed by atoms with Crippen molar-refractivity contribution in [3.63, 3.8) is 0 Å². The van der Waals surface area contributed by atoms with Crippen LogP contribution in [0.15, 0.2) is 0 Å². The molecule has 0 aromatic heterocycles. The van der Waals surface area contributed by atoms with Gasteiger partial charge in [0.1, 0.15) is 0 Å². The molecule has 0 saturated carbocycles. The highest BCUT2D eigenvalue weighted by Gasteiger charge is 2.07. The Morgan fingerprint density at radius 3 is 2.29 bits per heavy atom. The molecule has 14 heavy (non-hydrogen) atoms. The highest BCUT2D eigenvalue weighted by Crippen LogP contribution is 2.20. The van der Waals surface area contributed by atoms with Gasteiger partial charge in [-0.2, -0.15) is 0 Å². The van der Waals surface area contributed by atoms with Crippen molar-refractivity contribution >= 4 is 0 Å². The first-order chi connectivity index (χ1) is 6.70. The Labute approximate surface area is 91.5 Å². The van der Waals surface area contributed by atoms with Crippen LogP contribution in [0.1, 0.15) is 72.6 Å². The number of rotatable bonds is 9. The van der Waals surface area contributed by atoms with Crippen LogP contribution in [-0.4, -0.2) is 0 Å². The van der Waals surface area contributed by atoms with Gasteiger partial charge in [0.05, 0.1) is 0 Å². The molecular weight excluding hydrogens is 168 g/mol. The van der Waals surface area contributed by atoms with E-state index in [2.05, 4.69) is 34.1 Å². The third-order valence-corrected chi connectivity index (χ3v) is 2.92. The summed E-state index contributed by atoms with van der Waals surface area (Å²) < 4.78 is 0. The minimum absolute atomic E-state index is 0.897. The largest absolute Gasteiger partial charge is 0.0654 e. The molecule has 0 aromatic rings. The Hall–Kier alpha value is 0. The molecule has 0 heterocycles. The van der Waals surface area contributed by atoms with E-state index in [4.69, 9.17) is 0 Å². The molecule has 0 aliphatic rings. The zero-order chi connectivity index (χ0) is 10.8. The van der Waals surface area contributed by atoms with E-state index < -0.39 is 0 Å². The van der Waals surface area contributed by atoms with Gasteiger partial charge in [-0.1, -0.05) is 59.8 Å². The lowest BCUT2D eigenvalue weighted by atomic mass is 9.90. The van der Waals surface area contributed by atoms with Crippen LogP contribution in [0, 0.1) is 18.3 Å². The normalized spacial score (nSPS) is 15.4. The fraction of sp³-hybridized carbons (Fsp3) is 0.929. The van der Waals surface area contributed by atoms with E-state index >= 15 is 0 Å². The molecule has 0 amide bonds. The fourth-order valence-corrected chi connectivity index (χ4v) is 2.14. The molecule has 0 aliphatic carbocycles. The first-order valence-electron chi connectivity index (χ1n) is 6.52. The van der Waals surface area contributed by atoms with E-state index in [1.165, 1.54) is 44.9 Å². The van der Waals surface area contributed by atoms with Crippen molar-refractivity contribution in [1.29, 1.82) is 0 Å². The minimum atomic E-state index is 0.897. The average Bonchev–Trinajstić information content (AvgIpc) is 2.13. The van der Waals surface area contributed by atoms with Crippen molar-refractivity contribution in [2.24, 2.45) is 11.8 Å². The van der Waals surface area contributed by atoms with E-state index in [-0.39, 0.29) is 0 Å². The number of unbranched alkanes of at least 4 members (excludes halogenated alkanes) is 3.